The largest absolute Gasteiger partial charge is 0.374 e. The van der Waals surface area contributed by atoms with Gasteiger partial charge in [0.15, 0.2) is 0 Å². The minimum atomic E-state index is 0.763. The van der Waals surface area contributed by atoms with E-state index in [9.17, 15) is 0 Å². The van der Waals surface area contributed by atoms with Gasteiger partial charge in [0.1, 0.15) is 0 Å². The summed E-state index contributed by atoms with van der Waals surface area (Å²) in [5.74, 6) is 4.23. The maximum absolute atomic E-state index is 5.69. The third-order valence-corrected chi connectivity index (χ3v) is 4.16. The van der Waals surface area contributed by atoms with Crippen molar-refractivity contribution < 1.29 is 4.74 Å². The van der Waals surface area contributed by atoms with Gasteiger partial charge >= 0.3 is 0 Å². The van der Waals surface area contributed by atoms with Crippen molar-refractivity contribution in [2.45, 2.75) is 25.0 Å². The Balaban J connectivity index is 2.04. The molecule has 0 spiro atoms. The summed E-state index contributed by atoms with van der Waals surface area (Å²) < 4.78 is 5.69. The van der Waals surface area contributed by atoms with Crippen LogP contribution in [0.15, 0.2) is 0 Å². The van der Waals surface area contributed by atoms with Crippen LogP contribution in [0.1, 0.15) is 12.8 Å². The molecule has 5 aliphatic rings. The molecular weight excluding hydrogens is 112 g/mol. The van der Waals surface area contributed by atoms with Gasteiger partial charge in [0.25, 0.3) is 0 Å². The lowest BCUT2D eigenvalue weighted by atomic mass is 9.94. The molecule has 5 fully saturated rings. The summed E-state index contributed by atoms with van der Waals surface area (Å²) in [7, 11) is 0. The maximum Gasteiger partial charge on any atom is 0.0666 e. The highest BCUT2D eigenvalue weighted by Crippen LogP contribution is 2.71. The molecule has 0 aromatic heterocycles. The first-order chi connectivity index (χ1) is 4.45. The Morgan fingerprint density at radius 3 is 2.00 bits per heavy atom. The van der Waals surface area contributed by atoms with E-state index in [1.165, 1.54) is 12.8 Å². The highest BCUT2D eigenvalue weighted by molar-refractivity contribution is 5.20. The number of hydrogen-bond donors (Lipinski definition) is 0. The molecule has 1 heterocycles. The highest BCUT2D eigenvalue weighted by Gasteiger charge is 2.73. The molecule has 4 saturated carbocycles. The fourth-order valence-corrected chi connectivity index (χ4v) is 3.98. The summed E-state index contributed by atoms with van der Waals surface area (Å²) in [5.41, 5.74) is 0. The SMILES string of the molecule is C1C2C[C@@H]3[C@@H]1[C@H]1O[C@H]3C21. The first kappa shape index (κ1) is 3.97. The average molecular weight is 122 g/mol. The quantitative estimate of drug-likeness (QED) is 0.466. The molecule has 0 aromatic rings. The first-order valence-corrected chi connectivity index (χ1v) is 4.10. The highest BCUT2D eigenvalue weighted by atomic mass is 16.5. The molecule has 0 amide bonds. The van der Waals surface area contributed by atoms with Gasteiger partial charge in [-0.25, -0.2) is 0 Å². The normalized spacial score (nSPS) is 80.0. The molecule has 4 atom stereocenters. The lowest BCUT2D eigenvalue weighted by Crippen LogP contribution is -2.39. The molecule has 0 radical (unpaired) electrons. The van der Waals surface area contributed by atoms with Crippen LogP contribution < -0.4 is 0 Å². The van der Waals surface area contributed by atoms with Crippen LogP contribution >= 0.6 is 0 Å². The Morgan fingerprint density at radius 2 is 1.67 bits per heavy atom. The van der Waals surface area contributed by atoms with E-state index in [0.717, 1.165) is 35.9 Å². The first-order valence-electron chi connectivity index (χ1n) is 4.10. The molecule has 1 saturated heterocycles. The summed E-state index contributed by atoms with van der Waals surface area (Å²) in [6.07, 6.45) is 4.57. The molecule has 9 heavy (non-hydrogen) atoms. The van der Waals surface area contributed by atoms with Crippen molar-refractivity contribution >= 4 is 0 Å². The third kappa shape index (κ3) is 0.219. The minimum absolute atomic E-state index is 0.763. The van der Waals surface area contributed by atoms with Crippen LogP contribution in [0.5, 0.6) is 0 Å². The summed E-state index contributed by atoms with van der Waals surface area (Å²) in [4.78, 5) is 0. The molecule has 6 bridgehead atoms. The lowest BCUT2D eigenvalue weighted by molar-refractivity contribution is -0.126. The van der Waals surface area contributed by atoms with Crippen molar-refractivity contribution in [3.8, 4) is 0 Å². The smallest absolute Gasteiger partial charge is 0.0666 e. The topological polar surface area (TPSA) is 9.23 Å². The van der Waals surface area contributed by atoms with Crippen LogP contribution in [0.25, 0.3) is 0 Å². The van der Waals surface area contributed by atoms with E-state index in [2.05, 4.69) is 0 Å². The van der Waals surface area contributed by atoms with E-state index in [0.29, 0.717) is 0 Å². The van der Waals surface area contributed by atoms with E-state index in [4.69, 9.17) is 4.74 Å². The molecule has 0 N–H and O–H groups in total. The summed E-state index contributed by atoms with van der Waals surface area (Å²) >= 11 is 0. The zero-order valence-corrected chi connectivity index (χ0v) is 5.29. The van der Waals surface area contributed by atoms with E-state index in [-0.39, 0.29) is 0 Å². The van der Waals surface area contributed by atoms with E-state index >= 15 is 0 Å². The van der Waals surface area contributed by atoms with Crippen LogP contribution in [0.4, 0.5) is 0 Å². The van der Waals surface area contributed by atoms with Crippen molar-refractivity contribution in [1.29, 1.82) is 0 Å². The van der Waals surface area contributed by atoms with Crippen molar-refractivity contribution in [3.05, 3.63) is 0 Å². The maximum atomic E-state index is 5.69. The lowest BCUT2D eigenvalue weighted by Gasteiger charge is -2.33. The molecule has 0 aromatic carbocycles. The summed E-state index contributed by atoms with van der Waals surface area (Å²) in [6.45, 7) is 0. The molecule has 48 valence electrons. The van der Waals surface area contributed by atoms with E-state index in [1.54, 1.807) is 0 Å². The molecule has 1 nitrogen and oxygen atoms in total. The van der Waals surface area contributed by atoms with Gasteiger partial charge in [-0.1, -0.05) is 0 Å². The molecule has 4 aliphatic carbocycles. The number of hydrogen-bond acceptors (Lipinski definition) is 1. The van der Waals surface area contributed by atoms with Crippen LogP contribution in [0.2, 0.25) is 0 Å². The Kier molecular flexibility index (Phi) is 0.387. The summed E-state index contributed by atoms with van der Waals surface area (Å²) in [6, 6.07) is 0. The van der Waals surface area contributed by atoms with Crippen molar-refractivity contribution in [1.82, 2.24) is 0 Å². The Bertz CT molecular complexity index is 164. The second-order valence-corrected chi connectivity index (χ2v) is 4.20. The van der Waals surface area contributed by atoms with Gasteiger partial charge in [-0.3, -0.25) is 0 Å². The fraction of sp³-hybridized carbons (Fsp3) is 1.00. The van der Waals surface area contributed by atoms with Crippen LogP contribution in [-0.2, 0) is 4.74 Å². The second-order valence-electron chi connectivity index (χ2n) is 4.20. The molecule has 0 unspecified atom stereocenters. The van der Waals surface area contributed by atoms with Gasteiger partial charge < -0.3 is 4.74 Å². The minimum Gasteiger partial charge on any atom is -0.374 e. The van der Waals surface area contributed by atoms with Crippen LogP contribution in [-0.4, -0.2) is 12.2 Å². The monoisotopic (exact) mass is 122 g/mol. The predicted octanol–water partition coefficient (Wildman–Crippen LogP) is 1.04. The Hall–Kier alpha value is -0.0400. The molecule has 1 heteroatoms. The van der Waals surface area contributed by atoms with E-state index < -0.39 is 0 Å². The zero-order valence-electron chi connectivity index (χ0n) is 5.29. The molecular formula is C8H10O. The second kappa shape index (κ2) is 0.878. The molecule has 5 rings (SSSR count). The van der Waals surface area contributed by atoms with Gasteiger partial charge in [-0.2, -0.15) is 0 Å². The van der Waals surface area contributed by atoms with Gasteiger partial charge in [0.05, 0.1) is 12.2 Å². The van der Waals surface area contributed by atoms with Crippen molar-refractivity contribution in [2.75, 3.05) is 0 Å². The van der Waals surface area contributed by atoms with Crippen molar-refractivity contribution in [3.63, 3.8) is 0 Å². The number of rotatable bonds is 0. The van der Waals surface area contributed by atoms with Gasteiger partial charge in [-0.05, 0) is 30.6 Å². The van der Waals surface area contributed by atoms with Crippen LogP contribution in [0.3, 0.4) is 0 Å². The fourth-order valence-electron chi connectivity index (χ4n) is 3.98. The third-order valence-electron chi connectivity index (χ3n) is 4.16. The van der Waals surface area contributed by atoms with Crippen molar-refractivity contribution in [2.24, 2.45) is 23.7 Å². The molecule has 1 aliphatic heterocycles. The standard InChI is InChI=1S/C8H10O/c1-3-2-5-4(1)7-6(3)8(5)9-7/h3-8H,1-2H2/t3?,4-,5-,6?,7-,8-/m1/s1. The zero-order chi connectivity index (χ0) is 5.59. The van der Waals surface area contributed by atoms with Gasteiger partial charge in [0, 0.05) is 5.92 Å². The van der Waals surface area contributed by atoms with Crippen LogP contribution in [0, 0.1) is 23.7 Å². The average Bonchev–Trinajstić information content (AvgIpc) is 2.24. The Labute approximate surface area is 54.4 Å². The predicted molar refractivity (Wildman–Crippen MR) is 31.9 cm³/mol. The Morgan fingerprint density at radius 1 is 1.00 bits per heavy atom. The van der Waals surface area contributed by atoms with E-state index in [1.807, 2.05) is 0 Å². The summed E-state index contributed by atoms with van der Waals surface area (Å²) in [5, 5.41) is 0. The number of ether oxygens (including phenoxy) is 1. The van der Waals surface area contributed by atoms with Gasteiger partial charge in [-0.15, -0.1) is 0 Å². The van der Waals surface area contributed by atoms with Gasteiger partial charge in [0.2, 0.25) is 0 Å².